The summed E-state index contributed by atoms with van der Waals surface area (Å²) < 4.78 is 7.15. The first-order valence-electron chi connectivity index (χ1n) is 7.07. The summed E-state index contributed by atoms with van der Waals surface area (Å²) in [6.07, 6.45) is 1.68. The molecule has 1 aliphatic heterocycles. The second kappa shape index (κ2) is 6.24. The number of nitrogens with zero attached hydrogens (tertiary/aromatic N) is 2. The number of aromatic nitrogens is 2. The molecule has 0 aliphatic carbocycles. The Hall–Kier alpha value is -0.910. The zero-order valence-corrected chi connectivity index (χ0v) is 12.9. The number of halogens is 1. The monoisotopic (exact) mass is 299 g/mol. The molecule has 2 heterocycles. The number of Topliss-reactive ketones (excluding diaryl/α,β-unsaturated/α-hetero) is 1. The highest BCUT2D eigenvalue weighted by Gasteiger charge is 2.39. The largest absolute Gasteiger partial charge is 0.381 e. The van der Waals surface area contributed by atoms with Gasteiger partial charge in [-0.1, -0.05) is 11.6 Å². The third-order valence-corrected chi connectivity index (χ3v) is 4.70. The molecule has 0 saturated carbocycles. The van der Waals surface area contributed by atoms with E-state index < -0.39 is 5.41 Å². The van der Waals surface area contributed by atoms with Crippen LogP contribution in [0, 0.1) is 12.3 Å². The molecule has 0 spiro atoms. The summed E-state index contributed by atoms with van der Waals surface area (Å²) in [5, 5.41) is 4.95. The molecule has 1 aromatic rings. The van der Waals surface area contributed by atoms with Gasteiger partial charge in [-0.3, -0.25) is 9.48 Å². The zero-order chi connectivity index (χ0) is 14.8. The summed E-state index contributed by atoms with van der Waals surface area (Å²) in [5.74, 6) is 0.153. The van der Waals surface area contributed by atoms with Crippen molar-refractivity contribution in [3.63, 3.8) is 0 Å². The smallest absolute Gasteiger partial charge is 0.146 e. The molecule has 0 amide bonds. The molecule has 1 aliphatic rings. The normalized spacial score (nSPS) is 18.2. The lowest BCUT2D eigenvalue weighted by Crippen LogP contribution is -2.44. The van der Waals surface area contributed by atoms with Crippen LogP contribution in [-0.2, 0) is 22.5 Å². The summed E-state index contributed by atoms with van der Waals surface area (Å²) in [5.41, 5.74) is 6.99. The summed E-state index contributed by atoms with van der Waals surface area (Å²) in [7, 11) is 0. The third-order valence-electron chi connectivity index (χ3n) is 4.21. The third kappa shape index (κ3) is 2.75. The average Bonchev–Trinajstić information content (AvgIpc) is 2.75. The van der Waals surface area contributed by atoms with E-state index in [9.17, 15) is 4.79 Å². The minimum Gasteiger partial charge on any atom is -0.381 e. The molecule has 6 heteroatoms. The van der Waals surface area contributed by atoms with Crippen LogP contribution in [-0.4, -0.2) is 35.3 Å². The van der Waals surface area contributed by atoms with Gasteiger partial charge in [0.2, 0.25) is 0 Å². The number of ether oxygens (including phenoxy) is 1. The molecule has 1 aromatic heterocycles. The van der Waals surface area contributed by atoms with Crippen LogP contribution in [0.1, 0.15) is 31.2 Å². The Morgan fingerprint density at radius 3 is 2.70 bits per heavy atom. The quantitative estimate of drug-likeness (QED) is 0.899. The van der Waals surface area contributed by atoms with Gasteiger partial charge in [0.25, 0.3) is 0 Å². The number of ketones is 1. The Labute approximate surface area is 124 Å². The van der Waals surface area contributed by atoms with Crippen molar-refractivity contribution in [1.82, 2.24) is 9.78 Å². The van der Waals surface area contributed by atoms with Crippen molar-refractivity contribution in [3.05, 3.63) is 16.4 Å². The van der Waals surface area contributed by atoms with Crippen molar-refractivity contribution < 1.29 is 9.53 Å². The van der Waals surface area contributed by atoms with Crippen LogP contribution in [0.25, 0.3) is 0 Å². The van der Waals surface area contributed by atoms with Crippen molar-refractivity contribution in [1.29, 1.82) is 0 Å². The van der Waals surface area contributed by atoms with E-state index in [-0.39, 0.29) is 5.78 Å². The minimum absolute atomic E-state index is 0.153. The SMILES string of the molecule is CCn1nc(C)c(Cl)c1CC(=O)C1(CN)CCOCC1. The van der Waals surface area contributed by atoms with Gasteiger partial charge in [0, 0.05) is 31.7 Å². The van der Waals surface area contributed by atoms with E-state index in [2.05, 4.69) is 5.10 Å². The van der Waals surface area contributed by atoms with Crippen molar-refractivity contribution in [2.45, 2.75) is 39.7 Å². The lowest BCUT2D eigenvalue weighted by atomic mass is 9.75. The van der Waals surface area contributed by atoms with Gasteiger partial charge in [-0.15, -0.1) is 0 Å². The summed E-state index contributed by atoms with van der Waals surface area (Å²) in [6, 6.07) is 0. The molecule has 0 bridgehead atoms. The molecule has 0 aromatic carbocycles. The van der Waals surface area contributed by atoms with Crippen LogP contribution >= 0.6 is 11.6 Å². The van der Waals surface area contributed by atoms with Gasteiger partial charge in [-0.05, 0) is 26.7 Å². The number of hydrogen-bond donors (Lipinski definition) is 1. The molecular formula is C14H22ClN3O2. The van der Waals surface area contributed by atoms with Gasteiger partial charge >= 0.3 is 0 Å². The summed E-state index contributed by atoms with van der Waals surface area (Å²) in [6.45, 7) is 6.12. The number of nitrogens with two attached hydrogens (primary N) is 1. The predicted molar refractivity (Wildman–Crippen MR) is 77.9 cm³/mol. The molecule has 20 heavy (non-hydrogen) atoms. The van der Waals surface area contributed by atoms with E-state index in [1.807, 2.05) is 13.8 Å². The first-order valence-corrected chi connectivity index (χ1v) is 7.44. The van der Waals surface area contributed by atoms with E-state index in [0.717, 1.165) is 11.4 Å². The lowest BCUT2D eigenvalue weighted by molar-refractivity contribution is -0.133. The predicted octanol–water partition coefficient (Wildman–Crippen LogP) is 1.73. The maximum atomic E-state index is 12.7. The fourth-order valence-corrected chi connectivity index (χ4v) is 2.94. The molecule has 0 radical (unpaired) electrons. The fourth-order valence-electron chi connectivity index (χ4n) is 2.74. The summed E-state index contributed by atoms with van der Waals surface area (Å²) in [4.78, 5) is 12.7. The van der Waals surface area contributed by atoms with Gasteiger partial charge in [0.05, 0.1) is 22.8 Å². The molecule has 0 atom stereocenters. The molecule has 1 saturated heterocycles. The fraction of sp³-hybridized carbons (Fsp3) is 0.714. The van der Waals surface area contributed by atoms with Crippen LogP contribution in [0.4, 0.5) is 0 Å². The van der Waals surface area contributed by atoms with Crippen molar-refractivity contribution >= 4 is 17.4 Å². The van der Waals surface area contributed by atoms with E-state index in [1.54, 1.807) is 4.68 Å². The van der Waals surface area contributed by atoms with Gasteiger partial charge in [0.15, 0.2) is 0 Å². The summed E-state index contributed by atoms with van der Waals surface area (Å²) >= 11 is 6.27. The Morgan fingerprint density at radius 1 is 1.50 bits per heavy atom. The Bertz CT molecular complexity index is 493. The van der Waals surface area contributed by atoms with Gasteiger partial charge in [-0.25, -0.2) is 0 Å². The number of aryl methyl sites for hydroxylation is 2. The number of carbonyl (C=O) groups excluding carboxylic acids is 1. The van der Waals surface area contributed by atoms with Gasteiger partial charge in [-0.2, -0.15) is 5.10 Å². The zero-order valence-electron chi connectivity index (χ0n) is 12.1. The van der Waals surface area contributed by atoms with Crippen LogP contribution in [0.3, 0.4) is 0 Å². The van der Waals surface area contributed by atoms with Crippen LogP contribution in [0.5, 0.6) is 0 Å². The molecular weight excluding hydrogens is 278 g/mol. The first kappa shape index (κ1) is 15.5. The highest BCUT2D eigenvalue weighted by atomic mass is 35.5. The minimum atomic E-state index is -0.460. The van der Waals surface area contributed by atoms with Gasteiger partial charge in [0.1, 0.15) is 5.78 Å². The van der Waals surface area contributed by atoms with E-state index in [4.69, 9.17) is 22.1 Å². The Kier molecular flexibility index (Phi) is 4.83. The highest BCUT2D eigenvalue weighted by molar-refractivity contribution is 6.32. The highest BCUT2D eigenvalue weighted by Crippen LogP contribution is 2.33. The van der Waals surface area contributed by atoms with E-state index in [1.165, 1.54) is 0 Å². The molecule has 2 rings (SSSR count). The Balaban J connectivity index is 2.22. The molecule has 2 N–H and O–H groups in total. The van der Waals surface area contributed by atoms with E-state index >= 15 is 0 Å². The van der Waals surface area contributed by atoms with Crippen molar-refractivity contribution in [2.24, 2.45) is 11.1 Å². The van der Waals surface area contributed by atoms with Crippen molar-refractivity contribution in [2.75, 3.05) is 19.8 Å². The Morgan fingerprint density at radius 2 is 2.15 bits per heavy atom. The topological polar surface area (TPSA) is 70.1 Å². The van der Waals surface area contributed by atoms with Crippen LogP contribution < -0.4 is 5.73 Å². The maximum Gasteiger partial charge on any atom is 0.146 e. The molecule has 0 unspecified atom stereocenters. The van der Waals surface area contributed by atoms with Gasteiger partial charge < -0.3 is 10.5 Å². The standard InChI is InChI=1S/C14H22ClN3O2/c1-3-18-11(13(15)10(2)17-18)8-12(19)14(9-16)4-6-20-7-5-14/h3-9,16H2,1-2H3. The molecule has 112 valence electrons. The number of hydrogen-bond acceptors (Lipinski definition) is 4. The number of carbonyl (C=O) groups is 1. The first-order chi connectivity index (χ1) is 9.54. The second-order valence-corrected chi connectivity index (χ2v) is 5.74. The molecule has 5 nitrogen and oxygen atoms in total. The lowest BCUT2D eigenvalue weighted by Gasteiger charge is -2.34. The number of rotatable bonds is 5. The van der Waals surface area contributed by atoms with Crippen molar-refractivity contribution in [3.8, 4) is 0 Å². The van der Waals surface area contributed by atoms with Crippen LogP contribution in [0.15, 0.2) is 0 Å². The average molecular weight is 300 g/mol. The molecule has 1 fully saturated rings. The van der Waals surface area contributed by atoms with Crippen LogP contribution in [0.2, 0.25) is 5.02 Å². The second-order valence-electron chi connectivity index (χ2n) is 5.36. The maximum absolute atomic E-state index is 12.7. The van der Waals surface area contributed by atoms with E-state index in [0.29, 0.717) is 50.6 Å².